The Labute approximate surface area is 183 Å². The number of carbonyl (C=O) groups excluding carboxylic acids is 1. The Balaban J connectivity index is 1.56. The lowest BCUT2D eigenvalue weighted by Gasteiger charge is -2.38. The highest BCUT2D eigenvalue weighted by atomic mass is 32.2. The van der Waals surface area contributed by atoms with Crippen LogP contribution in [0.5, 0.6) is 0 Å². The molecular weight excluding hydrogens is 433 g/mol. The highest BCUT2D eigenvalue weighted by molar-refractivity contribution is 7.90. The molecule has 0 radical (unpaired) electrons. The van der Waals surface area contributed by atoms with Crippen LogP contribution in [0.4, 0.5) is 9.18 Å². The van der Waals surface area contributed by atoms with Crippen molar-refractivity contribution in [3.05, 3.63) is 72.9 Å². The second-order valence-electron chi connectivity index (χ2n) is 7.64. The largest absolute Gasteiger partial charge is 0.341 e. The Bertz CT molecular complexity index is 1420. The van der Waals surface area contributed by atoms with Gasteiger partial charge >= 0.3 is 6.03 Å². The SMILES string of the molecule is CNC(=O)N1CC(n2cc(-c3cn(S(=O)(=O)c4ccccc4)c4cc(F)ccc34)cn2)C1. The number of rotatable bonds is 4. The lowest BCUT2D eigenvalue weighted by atomic mass is 10.1. The van der Waals surface area contributed by atoms with Gasteiger partial charge in [0, 0.05) is 49.0 Å². The summed E-state index contributed by atoms with van der Waals surface area (Å²) in [6, 6.07) is 12.0. The average Bonchev–Trinajstić information content (AvgIpc) is 3.38. The number of urea groups is 1. The first-order chi connectivity index (χ1) is 15.4. The molecule has 4 aromatic rings. The molecule has 1 N–H and O–H groups in total. The van der Waals surface area contributed by atoms with E-state index in [0.29, 0.717) is 29.6 Å². The van der Waals surface area contributed by atoms with E-state index in [9.17, 15) is 17.6 Å². The smallest absolute Gasteiger partial charge is 0.317 e. The number of likely N-dealkylation sites (tertiary alicyclic amines) is 1. The van der Waals surface area contributed by atoms with Crippen molar-refractivity contribution < 1.29 is 17.6 Å². The fraction of sp³-hybridized carbons (Fsp3) is 0.182. The molecule has 1 fully saturated rings. The third-order valence-corrected chi connectivity index (χ3v) is 7.37. The number of hydrogen-bond donors (Lipinski definition) is 1. The predicted molar refractivity (Wildman–Crippen MR) is 117 cm³/mol. The van der Waals surface area contributed by atoms with Gasteiger partial charge in [0.1, 0.15) is 5.82 Å². The molecule has 32 heavy (non-hydrogen) atoms. The summed E-state index contributed by atoms with van der Waals surface area (Å²) in [6.07, 6.45) is 4.98. The van der Waals surface area contributed by atoms with Crippen molar-refractivity contribution in [1.82, 2.24) is 24.0 Å². The predicted octanol–water partition coefficient (Wildman–Crippen LogP) is 3.08. The van der Waals surface area contributed by atoms with Crippen LogP contribution in [0.25, 0.3) is 22.0 Å². The van der Waals surface area contributed by atoms with Crippen molar-refractivity contribution in [3.8, 4) is 11.1 Å². The molecule has 5 rings (SSSR count). The van der Waals surface area contributed by atoms with E-state index in [1.807, 2.05) is 6.20 Å². The zero-order chi connectivity index (χ0) is 22.5. The first-order valence-electron chi connectivity index (χ1n) is 10.0. The first-order valence-corrected chi connectivity index (χ1v) is 11.4. The van der Waals surface area contributed by atoms with Gasteiger partial charge in [-0.25, -0.2) is 21.6 Å². The molecule has 0 aliphatic carbocycles. The van der Waals surface area contributed by atoms with Gasteiger partial charge in [0.2, 0.25) is 0 Å². The summed E-state index contributed by atoms with van der Waals surface area (Å²) in [5.41, 5.74) is 1.60. The minimum Gasteiger partial charge on any atom is -0.341 e. The lowest BCUT2D eigenvalue weighted by molar-refractivity contribution is 0.120. The number of nitrogens with zero attached hydrogens (tertiary/aromatic N) is 4. The van der Waals surface area contributed by atoms with Crippen LogP contribution < -0.4 is 5.32 Å². The number of hydrogen-bond acceptors (Lipinski definition) is 4. The van der Waals surface area contributed by atoms with E-state index in [2.05, 4.69) is 10.4 Å². The minimum atomic E-state index is -3.92. The van der Waals surface area contributed by atoms with E-state index in [-0.39, 0.29) is 22.5 Å². The first kappa shape index (κ1) is 20.3. The van der Waals surface area contributed by atoms with Crippen molar-refractivity contribution >= 4 is 27.0 Å². The van der Waals surface area contributed by atoms with Crippen LogP contribution in [-0.2, 0) is 10.0 Å². The van der Waals surface area contributed by atoms with Crippen LogP contribution in [-0.4, -0.2) is 53.2 Å². The molecule has 2 aromatic heterocycles. The summed E-state index contributed by atoms with van der Waals surface area (Å²) >= 11 is 0. The van der Waals surface area contributed by atoms with Gasteiger partial charge < -0.3 is 10.2 Å². The van der Waals surface area contributed by atoms with Crippen molar-refractivity contribution in [3.63, 3.8) is 0 Å². The fourth-order valence-corrected chi connectivity index (χ4v) is 5.31. The number of halogens is 1. The quantitative estimate of drug-likeness (QED) is 0.514. The molecule has 0 saturated carbocycles. The fourth-order valence-electron chi connectivity index (χ4n) is 3.93. The van der Waals surface area contributed by atoms with Crippen LogP contribution in [0.3, 0.4) is 0 Å². The Morgan fingerprint density at radius 3 is 2.59 bits per heavy atom. The monoisotopic (exact) mass is 453 g/mol. The van der Waals surface area contributed by atoms with E-state index in [0.717, 1.165) is 3.97 Å². The van der Waals surface area contributed by atoms with Crippen molar-refractivity contribution in [2.24, 2.45) is 0 Å². The molecule has 0 atom stereocenters. The van der Waals surface area contributed by atoms with Crippen LogP contribution in [0.1, 0.15) is 6.04 Å². The molecule has 0 unspecified atom stereocenters. The van der Waals surface area contributed by atoms with Crippen molar-refractivity contribution in [1.29, 1.82) is 0 Å². The zero-order valence-electron chi connectivity index (χ0n) is 17.1. The summed E-state index contributed by atoms with van der Waals surface area (Å²) < 4.78 is 43.5. The van der Waals surface area contributed by atoms with E-state index in [1.165, 1.54) is 30.5 Å². The summed E-state index contributed by atoms with van der Waals surface area (Å²) in [4.78, 5) is 13.5. The summed E-state index contributed by atoms with van der Waals surface area (Å²) in [5, 5.41) is 7.61. The van der Waals surface area contributed by atoms with Crippen molar-refractivity contribution in [2.75, 3.05) is 20.1 Å². The molecule has 2 amide bonds. The summed E-state index contributed by atoms with van der Waals surface area (Å²) in [7, 11) is -2.33. The van der Waals surface area contributed by atoms with Gasteiger partial charge in [-0.3, -0.25) is 4.68 Å². The van der Waals surface area contributed by atoms with Gasteiger partial charge in [-0.1, -0.05) is 18.2 Å². The Morgan fingerprint density at radius 1 is 1.12 bits per heavy atom. The van der Waals surface area contributed by atoms with E-state index in [4.69, 9.17) is 0 Å². The third kappa shape index (κ3) is 3.23. The second kappa shape index (κ2) is 7.49. The molecular formula is C22H20FN5O3S. The maximum Gasteiger partial charge on any atom is 0.317 e. The molecule has 0 bridgehead atoms. The number of carbonyl (C=O) groups is 1. The normalized spacial score (nSPS) is 14.5. The van der Waals surface area contributed by atoms with E-state index < -0.39 is 15.8 Å². The van der Waals surface area contributed by atoms with Gasteiger partial charge in [0.15, 0.2) is 0 Å². The van der Waals surface area contributed by atoms with Crippen LogP contribution in [0.2, 0.25) is 0 Å². The maximum absolute atomic E-state index is 14.1. The molecule has 8 nitrogen and oxygen atoms in total. The molecule has 10 heteroatoms. The number of benzene rings is 2. The zero-order valence-corrected chi connectivity index (χ0v) is 18.0. The van der Waals surface area contributed by atoms with Crippen LogP contribution in [0, 0.1) is 5.82 Å². The number of amides is 2. The van der Waals surface area contributed by atoms with Crippen LogP contribution in [0.15, 0.2) is 72.0 Å². The molecule has 1 saturated heterocycles. The Morgan fingerprint density at radius 2 is 1.88 bits per heavy atom. The topological polar surface area (TPSA) is 89.2 Å². The van der Waals surface area contributed by atoms with Crippen LogP contribution >= 0.6 is 0 Å². The number of fused-ring (bicyclic) bond motifs is 1. The van der Waals surface area contributed by atoms with Crippen molar-refractivity contribution in [2.45, 2.75) is 10.9 Å². The molecule has 3 heterocycles. The summed E-state index contributed by atoms with van der Waals surface area (Å²) in [6.45, 7) is 1.08. The molecule has 1 aliphatic rings. The molecule has 1 aliphatic heterocycles. The van der Waals surface area contributed by atoms with Gasteiger partial charge in [0.05, 0.1) is 22.7 Å². The third-order valence-electron chi connectivity index (χ3n) is 5.68. The standard InChI is InChI=1S/C22H20FN5O3S/c1-24-22(29)26-12-17(13-26)27-11-15(10-25-27)20-14-28(21-9-16(23)7-8-19(20)21)32(30,31)18-5-3-2-4-6-18/h2-11,14,17H,12-13H2,1H3,(H,24,29). The van der Waals surface area contributed by atoms with E-state index >= 15 is 0 Å². The average molecular weight is 453 g/mol. The summed E-state index contributed by atoms with van der Waals surface area (Å²) in [5.74, 6) is -0.522. The number of aromatic nitrogens is 3. The van der Waals surface area contributed by atoms with Gasteiger partial charge in [-0.15, -0.1) is 0 Å². The highest BCUT2D eigenvalue weighted by Gasteiger charge is 2.32. The molecule has 0 spiro atoms. The van der Waals surface area contributed by atoms with Gasteiger partial charge in [-0.2, -0.15) is 5.10 Å². The minimum absolute atomic E-state index is 0.0416. The van der Waals surface area contributed by atoms with Gasteiger partial charge in [0.25, 0.3) is 10.0 Å². The second-order valence-corrected chi connectivity index (χ2v) is 9.46. The van der Waals surface area contributed by atoms with Gasteiger partial charge in [-0.05, 0) is 30.3 Å². The number of nitrogens with one attached hydrogen (secondary N) is 1. The highest BCUT2D eigenvalue weighted by Crippen LogP contribution is 2.34. The molecule has 164 valence electrons. The Hall–Kier alpha value is -3.66. The molecule has 2 aromatic carbocycles. The Kier molecular flexibility index (Phi) is 4.74. The van der Waals surface area contributed by atoms with E-state index in [1.54, 1.807) is 47.1 Å². The lowest BCUT2D eigenvalue weighted by Crippen LogP contribution is -2.53. The maximum atomic E-state index is 14.1.